The van der Waals surface area contributed by atoms with Crippen LogP contribution in [0.5, 0.6) is 0 Å². The molecule has 1 aromatic heterocycles. The molecule has 0 radical (unpaired) electrons. The molecule has 13 heavy (non-hydrogen) atoms. The van der Waals surface area contributed by atoms with Crippen molar-refractivity contribution < 1.29 is 9.21 Å². The monoisotopic (exact) mass is 174 g/mol. The Kier molecular flexibility index (Phi) is 1.69. The summed E-state index contributed by atoms with van der Waals surface area (Å²) in [5.41, 5.74) is 3.18. The van der Waals surface area contributed by atoms with Crippen LogP contribution in [0.2, 0.25) is 0 Å². The molecular weight excluding hydrogens is 164 g/mol. The Labute approximate surface area is 76.2 Å². The van der Waals surface area contributed by atoms with Gasteiger partial charge >= 0.3 is 0 Å². The van der Waals surface area contributed by atoms with E-state index in [1.807, 2.05) is 26.0 Å². The predicted molar refractivity (Wildman–Crippen MR) is 51.1 cm³/mol. The lowest BCUT2D eigenvalue weighted by Gasteiger charge is -1.97. The molecule has 2 aromatic rings. The molecule has 0 unspecified atom stereocenters. The van der Waals surface area contributed by atoms with Crippen LogP contribution in [0.1, 0.15) is 21.7 Å². The third kappa shape index (κ3) is 1.24. The fraction of sp³-hybridized carbons (Fsp3) is 0.182. The van der Waals surface area contributed by atoms with Gasteiger partial charge in [0.2, 0.25) is 0 Å². The zero-order valence-electron chi connectivity index (χ0n) is 7.63. The Bertz CT molecular complexity index is 427. The first-order valence-electron chi connectivity index (χ1n) is 4.16. The molecule has 0 aliphatic rings. The lowest BCUT2D eigenvalue weighted by molar-refractivity contribution is 0.110. The number of hydrogen-bond acceptors (Lipinski definition) is 2. The van der Waals surface area contributed by atoms with Gasteiger partial charge in [-0.25, -0.2) is 0 Å². The normalized spacial score (nSPS) is 10.6. The van der Waals surface area contributed by atoms with Crippen LogP contribution < -0.4 is 0 Å². The molecule has 2 rings (SSSR count). The van der Waals surface area contributed by atoms with Crippen LogP contribution in [0.25, 0.3) is 11.0 Å². The van der Waals surface area contributed by atoms with Crippen LogP contribution in [-0.4, -0.2) is 6.29 Å². The van der Waals surface area contributed by atoms with Crippen molar-refractivity contribution in [3.8, 4) is 0 Å². The van der Waals surface area contributed by atoms with Gasteiger partial charge in [0.15, 0.2) is 12.0 Å². The molecule has 0 aliphatic heterocycles. The summed E-state index contributed by atoms with van der Waals surface area (Å²) in [4.78, 5) is 10.5. The van der Waals surface area contributed by atoms with Gasteiger partial charge in [0.1, 0.15) is 5.58 Å². The van der Waals surface area contributed by atoms with Gasteiger partial charge in [-0.3, -0.25) is 4.79 Å². The van der Waals surface area contributed by atoms with E-state index in [2.05, 4.69) is 0 Å². The Morgan fingerprint density at radius 1 is 1.15 bits per heavy atom. The minimum Gasteiger partial charge on any atom is -0.453 e. The third-order valence-electron chi connectivity index (χ3n) is 2.27. The lowest BCUT2D eigenvalue weighted by atomic mass is 10.1. The van der Waals surface area contributed by atoms with E-state index in [4.69, 9.17) is 4.42 Å². The van der Waals surface area contributed by atoms with Crippen LogP contribution in [-0.2, 0) is 0 Å². The van der Waals surface area contributed by atoms with Crippen molar-refractivity contribution in [3.05, 3.63) is 35.1 Å². The number of carbonyl (C=O) groups is 1. The third-order valence-corrected chi connectivity index (χ3v) is 2.27. The molecule has 0 atom stereocenters. The van der Waals surface area contributed by atoms with Crippen molar-refractivity contribution in [1.29, 1.82) is 0 Å². The maximum atomic E-state index is 10.5. The Morgan fingerprint density at radius 3 is 2.54 bits per heavy atom. The van der Waals surface area contributed by atoms with Gasteiger partial charge in [0, 0.05) is 5.39 Å². The lowest BCUT2D eigenvalue weighted by Crippen LogP contribution is -1.77. The molecule has 2 nitrogen and oxygen atoms in total. The number of furan rings is 1. The molecule has 0 saturated carbocycles. The second kappa shape index (κ2) is 2.73. The van der Waals surface area contributed by atoms with Gasteiger partial charge in [-0.1, -0.05) is 0 Å². The molecule has 1 aromatic carbocycles. The summed E-state index contributed by atoms with van der Waals surface area (Å²) in [6.07, 6.45) is 0.727. The number of benzene rings is 1. The maximum absolute atomic E-state index is 10.5. The molecular formula is C11H10O2. The molecule has 1 heterocycles. The summed E-state index contributed by atoms with van der Waals surface area (Å²) < 4.78 is 5.28. The van der Waals surface area contributed by atoms with Crippen molar-refractivity contribution in [2.75, 3.05) is 0 Å². The highest BCUT2D eigenvalue weighted by molar-refractivity contribution is 5.85. The second-order valence-electron chi connectivity index (χ2n) is 3.24. The summed E-state index contributed by atoms with van der Waals surface area (Å²) >= 11 is 0. The fourth-order valence-corrected chi connectivity index (χ4v) is 1.38. The number of hydrogen-bond donors (Lipinski definition) is 0. The van der Waals surface area contributed by atoms with Gasteiger partial charge in [-0.15, -0.1) is 0 Å². The standard InChI is InChI=1S/C11H10O2/c1-7-3-9-5-10(6-12)13-11(9)4-8(7)2/h3-6H,1-2H3. The van der Waals surface area contributed by atoms with Gasteiger partial charge in [0.05, 0.1) is 0 Å². The average molecular weight is 174 g/mol. The first-order chi connectivity index (χ1) is 6.20. The van der Waals surface area contributed by atoms with Crippen LogP contribution in [0, 0.1) is 13.8 Å². The van der Waals surface area contributed by atoms with E-state index in [1.54, 1.807) is 6.07 Å². The van der Waals surface area contributed by atoms with E-state index in [0.29, 0.717) is 5.76 Å². The zero-order valence-corrected chi connectivity index (χ0v) is 7.63. The smallest absolute Gasteiger partial charge is 0.185 e. The van der Waals surface area contributed by atoms with E-state index in [1.165, 1.54) is 11.1 Å². The Hall–Kier alpha value is -1.57. The van der Waals surface area contributed by atoms with Crippen LogP contribution in [0.15, 0.2) is 22.6 Å². The minimum atomic E-state index is 0.389. The van der Waals surface area contributed by atoms with Crippen molar-refractivity contribution >= 4 is 17.3 Å². The van der Waals surface area contributed by atoms with Crippen LogP contribution in [0.3, 0.4) is 0 Å². The topological polar surface area (TPSA) is 30.2 Å². The summed E-state index contributed by atoms with van der Waals surface area (Å²) in [5.74, 6) is 0.389. The Morgan fingerprint density at radius 2 is 1.85 bits per heavy atom. The van der Waals surface area contributed by atoms with Gasteiger partial charge in [-0.2, -0.15) is 0 Å². The number of aldehydes is 1. The maximum Gasteiger partial charge on any atom is 0.185 e. The molecule has 0 aliphatic carbocycles. The molecule has 0 fully saturated rings. The summed E-state index contributed by atoms with van der Waals surface area (Å²) in [6, 6.07) is 5.74. The largest absolute Gasteiger partial charge is 0.453 e. The number of aryl methyl sites for hydroxylation is 2. The number of fused-ring (bicyclic) bond motifs is 1. The highest BCUT2D eigenvalue weighted by Crippen LogP contribution is 2.22. The molecule has 2 heteroatoms. The van der Waals surface area contributed by atoms with Gasteiger partial charge in [-0.05, 0) is 43.2 Å². The Balaban J connectivity index is 2.77. The zero-order chi connectivity index (χ0) is 9.42. The van der Waals surface area contributed by atoms with Crippen molar-refractivity contribution in [3.63, 3.8) is 0 Å². The summed E-state index contributed by atoms with van der Waals surface area (Å²) in [6.45, 7) is 4.07. The predicted octanol–water partition coefficient (Wildman–Crippen LogP) is 2.86. The van der Waals surface area contributed by atoms with Crippen molar-refractivity contribution in [1.82, 2.24) is 0 Å². The number of rotatable bonds is 1. The van der Waals surface area contributed by atoms with E-state index in [0.717, 1.165) is 17.3 Å². The number of carbonyl (C=O) groups excluding carboxylic acids is 1. The molecule has 0 saturated heterocycles. The highest BCUT2D eigenvalue weighted by Gasteiger charge is 2.03. The molecule has 66 valence electrons. The molecule has 0 amide bonds. The SMILES string of the molecule is Cc1cc2cc(C=O)oc2cc1C. The fourth-order valence-electron chi connectivity index (χ4n) is 1.38. The quantitative estimate of drug-likeness (QED) is 0.622. The van der Waals surface area contributed by atoms with Gasteiger partial charge in [0.25, 0.3) is 0 Å². The van der Waals surface area contributed by atoms with E-state index in [9.17, 15) is 4.79 Å². The van der Waals surface area contributed by atoms with E-state index in [-0.39, 0.29) is 0 Å². The van der Waals surface area contributed by atoms with Gasteiger partial charge < -0.3 is 4.42 Å². The highest BCUT2D eigenvalue weighted by atomic mass is 16.3. The molecule has 0 spiro atoms. The summed E-state index contributed by atoms with van der Waals surface area (Å²) in [7, 11) is 0. The second-order valence-corrected chi connectivity index (χ2v) is 3.24. The first-order valence-corrected chi connectivity index (χ1v) is 4.16. The van der Waals surface area contributed by atoms with Crippen molar-refractivity contribution in [2.45, 2.75) is 13.8 Å². The van der Waals surface area contributed by atoms with Crippen LogP contribution >= 0.6 is 0 Å². The first kappa shape index (κ1) is 8.05. The molecule has 0 N–H and O–H groups in total. The van der Waals surface area contributed by atoms with Crippen LogP contribution in [0.4, 0.5) is 0 Å². The average Bonchev–Trinajstić information content (AvgIpc) is 2.48. The van der Waals surface area contributed by atoms with E-state index < -0.39 is 0 Å². The minimum absolute atomic E-state index is 0.389. The summed E-state index contributed by atoms with van der Waals surface area (Å²) in [5, 5.41) is 0.991. The van der Waals surface area contributed by atoms with E-state index >= 15 is 0 Å². The van der Waals surface area contributed by atoms with Crippen molar-refractivity contribution in [2.24, 2.45) is 0 Å². The molecule has 0 bridgehead atoms.